The van der Waals surface area contributed by atoms with Crippen molar-refractivity contribution in [2.75, 3.05) is 0 Å². The van der Waals surface area contributed by atoms with Gasteiger partial charge in [-0.15, -0.1) is 0 Å². The highest BCUT2D eigenvalue weighted by atomic mass is 32.1. The lowest BCUT2D eigenvalue weighted by Crippen LogP contribution is -2.52. The minimum atomic E-state index is -0.563. The lowest BCUT2D eigenvalue weighted by molar-refractivity contribution is 0.0494. The van der Waals surface area contributed by atoms with Crippen LogP contribution < -0.4 is 15.4 Å². The number of alkyl carbamates (subject to hydrolysis) is 1. The van der Waals surface area contributed by atoms with Gasteiger partial charge in [0.15, 0.2) is 0 Å². The minimum Gasteiger partial charge on any atom is -0.444 e. The first-order valence-electron chi connectivity index (χ1n) is 12.2. The first-order valence-corrected chi connectivity index (χ1v) is 12.6. The molecule has 6 nitrogen and oxygen atoms in total. The van der Waals surface area contributed by atoms with E-state index in [1.54, 1.807) is 6.20 Å². The van der Waals surface area contributed by atoms with Crippen LogP contribution in [-0.2, 0) is 11.3 Å². The van der Waals surface area contributed by atoms with Crippen LogP contribution in [0.4, 0.5) is 4.79 Å². The van der Waals surface area contributed by atoms with Crippen LogP contribution in [-0.4, -0.2) is 27.7 Å². The summed E-state index contributed by atoms with van der Waals surface area (Å²) in [6, 6.07) is 13.1. The summed E-state index contributed by atoms with van der Waals surface area (Å²) >= 11 is 5.77. The number of amides is 1. The fourth-order valence-electron chi connectivity index (χ4n) is 4.29. The van der Waals surface area contributed by atoms with E-state index >= 15 is 0 Å². The molecule has 184 valence electrons. The van der Waals surface area contributed by atoms with Gasteiger partial charge in [-0.3, -0.25) is 0 Å². The molecule has 34 heavy (non-hydrogen) atoms. The van der Waals surface area contributed by atoms with E-state index in [9.17, 15) is 4.79 Å². The van der Waals surface area contributed by atoms with E-state index < -0.39 is 11.7 Å². The van der Waals surface area contributed by atoms with Gasteiger partial charge in [-0.2, -0.15) is 0 Å². The number of rotatable bonds is 8. The van der Waals surface area contributed by atoms with E-state index in [1.807, 2.05) is 63.2 Å². The third-order valence-electron chi connectivity index (χ3n) is 6.10. The van der Waals surface area contributed by atoms with Crippen LogP contribution in [0.15, 0.2) is 48.7 Å². The number of carbonyl (C=O) groups is 1. The number of carbonyl (C=O) groups excluding carboxylic acids is 1. The first-order chi connectivity index (χ1) is 16.2. The molecule has 1 aromatic carbocycles. The Bertz CT molecular complexity index is 922. The van der Waals surface area contributed by atoms with Crippen LogP contribution in [0.5, 0.6) is 11.6 Å². The standard InChI is InChI=1S/C27H37N3O3S/c1-19(21-11-7-5-8-12-21)24(30-26(31)33-27(2,3)4)25(34)29-18-20-15-16-23(28-17-20)32-22-13-9-6-10-14-22/h6,9-10,13-17,19,21,24H,5,7-8,11-12,18H2,1-4H3,(H,29,34)(H,30,31)/t19?,24-/m1/s1. The molecule has 0 saturated heterocycles. The van der Waals surface area contributed by atoms with E-state index in [0.717, 1.165) is 11.3 Å². The molecule has 1 heterocycles. The van der Waals surface area contributed by atoms with Crippen LogP contribution in [0.2, 0.25) is 0 Å². The number of ether oxygens (including phenoxy) is 2. The molecule has 1 saturated carbocycles. The molecule has 0 spiro atoms. The van der Waals surface area contributed by atoms with Gasteiger partial charge in [0.1, 0.15) is 11.4 Å². The number of aromatic nitrogens is 1. The number of benzene rings is 1. The molecular weight excluding hydrogens is 446 g/mol. The Hall–Kier alpha value is -2.67. The summed E-state index contributed by atoms with van der Waals surface area (Å²) in [6.45, 7) is 8.29. The van der Waals surface area contributed by atoms with Crippen molar-refractivity contribution in [1.29, 1.82) is 0 Å². The number of nitrogens with one attached hydrogen (secondary N) is 2. The molecule has 0 radical (unpaired) electrons. The molecule has 1 aromatic heterocycles. The van der Waals surface area contributed by atoms with Crippen LogP contribution in [0.25, 0.3) is 0 Å². The zero-order chi connectivity index (χ0) is 24.6. The van der Waals surface area contributed by atoms with E-state index in [-0.39, 0.29) is 12.0 Å². The molecule has 1 fully saturated rings. The molecule has 1 aliphatic carbocycles. The van der Waals surface area contributed by atoms with Crippen molar-refractivity contribution in [1.82, 2.24) is 15.6 Å². The summed E-state index contributed by atoms with van der Waals surface area (Å²) in [5, 5.41) is 6.38. The van der Waals surface area contributed by atoms with Gasteiger partial charge in [-0.25, -0.2) is 9.78 Å². The predicted octanol–water partition coefficient (Wildman–Crippen LogP) is 6.40. The van der Waals surface area contributed by atoms with Crippen molar-refractivity contribution in [3.63, 3.8) is 0 Å². The predicted molar refractivity (Wildman–Crippen MR) is 139 cm³/mol. The van der Waals surface area contributed by atoms with Gasteiger partial charge in [0.25, 0.3) is 0 Å². The molecule has 3 rings (SSSR count). The molecule has 0 aliphatic heterocycles. The summed E-state index contributed by atoms with van der Waals surface area (Å²) in [5.74, 6) is 2.03. The highest BCUT2D eigenvalue weighted by Crippen LogP contribution is 2.32. The summed E-state index contributed by atoms with van der Waals surface area (Å²) in [6.07, 6.45) is 7.43. The van der Waals surface area contributed by atoms with E-state index in [4.69, 9.17) is 21.7 Å². The maximum Gasteiger partial charge on any atom is 0.408 e. The monoisotopic (exact) mass is 483 g/mol. The van der Waals surface area contributed by atoms with Gasteiger partial charge in [-0.05, 0) is 50.3 Å². The SMILES string of the molecule is CC(C1CCCCC1)[C@@H](NC(=O)OC(C)(C)C)C(=S)NCc1ccc(Oc2ccccc2)nc1. The Kier molecular flexibility index (Phi) is 9.28. The smallest absolute Gasteiger partial charge is 0.408 e. The third-order valence-corrected chi connectivity index (χ3v) is 6.50. The number of para-hydroxylation sites is 1. The molecule has 1 amide bonds. The largest absolute Gasteiger partial charge is 0.444 e. The number of pyridine rings is 1. The van der Waals surface area contributed by atoms with Crippen LogP contribution in [0.1, 0.15) is 65.4 Å². The lowest BCUT2D eigenvalue weighted by atomic mass is 9.77. The van der Waals surface area contributed by atoms with Crippen LogP contribution in [0.3, 0.4) is 0 Å². The molecule has 1 aliphatic rings. The van der Waals surface area contributed by atoms with Gasteiger partial charge in [0, 0.05) is 18.8 Å². The number of nitrogens with zero attached hydrogens (tertiary/aromatic N) is 1. The average Bonchev–Trinajstić information content (AvgIpc) is 2.81. The van der Waals surface area contributed by atoms with Gasteiger partial charge in [0.05, 0.1) is 11.0 Å². The minimum absolute atomic E-state index is 0.215. The maximum atomic E-state index is 12.6. The van der Waals surface area contributed by atoms with Crippen molar-refractivity contribution in [2.24, 2.45) is 11.8 Å². The molecule has 2 aromatic rings. The van der Waals surface area contributed by atoms with Crippen LogP contribution >= 0.6 is 12.2 Å². The highest BCUT2D eigenvalue weighted by Gasteiger charge is 2.32. The summed E-state index contributed by atoms with van der Waals surface area (Å²) in [5.41, 5.74) is 0.414. The molecule has 2 atom stereocenters. The second kappa shape index (κ2) is 12.2. The summed E-state index contributed by atoms with van der Waals surface area (Å²) in [4.78, 5) is 17.6. The number of hydrogen-bond donors (Lipinski definition) is 2. The zero-order valence-corrected chi connectivity index (χ0v) is 21.5. The Morgan fingerprint density at radius 3 is 2.44 bits per heavy atom. The van der Waals surface area contributed by atoms with Crippen molar-refractivity contribution in [3.05, 3.63) is 54.2 Å². The third kappa shape index (κ3) is 8.28. The fourth-order valence-corrected chi connectivity index (χ4v) is 4.63. The lowest BCUT2D eigenvalue weighted by Gasteiger charge is -2.35. The summed E-state index contributed by atoms with van der Waals surface area (Å²) < 4.78 is 11.3. The van der Waals surface area contributed by atoms with Crippen molar-refractivity contribution < 1.29 is 14.3 Å². The Morgan fingerprint density at radius 2 is 1.82 bits per heavy atom. The van der Waals surface area contributed by atoms with Gasteiger partial charge in [0.2, 0.25) is 5.88 Å². The Labute approximate surface area is 208 Å². The molecular formula is C27H37N3O3S. The maximum absolute atomic E-state index is 12.6. The quantitative estimate of drug-likeness (QED) is 0.423. The van der Waals surface area contributed by atoms with E-state index in [2.05, 4.69) is 22.5 Å². The topological polar surface area (TPSA) is 72.5 Å². The molecule has 0 bridgehead atoms. The van der Waals surface area contributed by atoms with Crippen molar-refractivity contribution >= 4 is 23.3 Å². The Balaban J connectivity index is 1.61. The Morgan fingerprint density at radius 1 is 1.12 bits per heavy atom. The summed E-state index contributed by atoms with van der Waals surface area (Å²) in [7, 11) is 0. The molecule has 1 unspecified atom stereocenters. The van der Waals surface area contributed by atoms with Crippen molar-refractivity contribution in [2.45, 2.75) is 78.0 Å². The fraction of sp³-hybridized carbons (Fsp3) is 0.519. The van der Waals surface area contributed by atoms with Gasteiger partial charge in [-0.1, -0.05) is 75.5 Å². The van der Waals surface area contributed by atoms with Crippen molar-refractivity contribution in [3.8, 4) is 11.6 Å². The highest BCUT2D eigenvalue weighted by molar-refractivity contribution is 7.80. The van der Waals surface area contributed by atoms with Gasteiger partial charge < -0.3 is 20.1 Å². The molecule has 2 N–H and O–H groups in total. The molecule has 7 heteroatoms. The van der Waals surface area contributed by atoms with Gasteiger partial charge >= 0.3 is 6.09 Å². The second-order valence-corrected chi connectivity index (χ2v) is 10.5. The number of hydrogen-bond acceptors (Lipinski definition) is 5. The zero-order valence-electron chi connectivity index (χ0n) is 20.7. The first kappa shape index (κ1) is 25.9. The average molecular weight is 484 g/mol. The number of thiocarbonyl (C=S) groups is 1. The normalized spacial score (nSPS) is 16.2. The van der Waals surface area contributed by atoms with E-state index in [1.165, 1.54) is 32.1 Å². The van der Waals surface area contributed by atoms with Crippen LogP contribution in [0, 0.1) is 11.8 Å². The van der Waals surface area contributed by atoms with E-state index in [0.29, 0.717) is 23.3 Å². The second-order valence-electron chi connectivity index (χ2n) is 10.0.